The van der Waals surface area contributed by atoms with E-state index in [2.05, 4.69) is 0 Å². The number of nitriles is 1. The molecule has 2 aromatic rings. The SMILES string of the molecule is CC(CC(=O)O)c1ccc(OCC(COCC2CC2)COc2ccc(C#N)c(Cl)c2)cc1. The van der Waals surface area contributed by atoms with Crippen molar-refractivity contribution in [3.05, 3.63) is 58.6 Å². The van der Waals surface area contributed by atoms with Crippen LogP contribution in [-0.4, -0.2) is 37.5 Å². The third-order valence-corrected chi connectivity index (χ3v) is 5.68. The Bertz CT molecular complexity index is 936. The zero-order chi connectivity index (χ0) is 22.9. The van der Waals surface area contributed by atoms with Crippen LogP contribution in [0.4, 0.5) is 0 Å². The van der Waals surface area contributed by atoms with Gasteiger partial charge in [-0.2, -0.15) is 5.26 Å². The average molecular weight is 458 g/mol. The number of hydrogen-bond donors (Lipinski definition) is 1. The van der Waals surface area contributed by atoms with Crippen LogP contribution in [0.25, 0.3) is 0 Å². The van der Waals surface area contributed by atoms with Crippen LogP contribution in [0, 0.1) is 23.2 Å². The summed E-state index contributed by atoms with van der Waals surface area (Å²) < 4.78 is 17.7. The van der Waals surface area contributed by atoms with Gasteiger partial charge in [0.15, 0.2) is 0 Å². The van der Waals surface area contributed by atoms with Crippen molar-refractivity contribution < 1.29 is 24.1 Å². The van der Waals surface area contributed by atoms with E-state index in [0.717, 1.165) is 12.2 Å². The molecule has 0 heterocycles. The number of nitrogens with zero attached hydrogens (tertiary/aromatic N) is 1. The monoisotopic (exact) mass is 457 g/mol. The van der Waals surface area contributed by atoms with Crippen LogP contribution >= 0.6 is 11.6 Å². The van der Waals surface area contributed by atoms with Crippen molar-refractivity contribution in [1.82, 2.24) is 0 Å². The minimum absolute atomic E-state index is 0.00813. The maximum atomic E-state index is 10.9. The van der Waals surface area contributed by atoms with Crippen LogP contribution in [-0.2, 0) is 9.53 Å². The van der Waals surface area contributed by atoms with Gasteiger partial charge in [0, 0.05) is 12.7 Å². The first-order valence-corrected chi connectivity index (χ1v) is 11.2. The Balaban J connectivity index is 1.54. The van der Waals surface area contributed by atoms with Crippen molar-refractivity contribution in [3.63, 3.8) is 0 Å². The predicted molar refractivity (Wildman–Crippen MR) is 121 cm³/mol. The largest absolute Gasteiger partial charge is 0.493 e. The lowest BCUT2D eigenvalue weighted by molar-refractivity contribution is -0.137. The van der Waals surface area contributed by atoms with E-state index in [9.17, 15) is 4.79 Å². The molecule has 1 saturated carbocycles. The first kappa shape index (κ1) is 23.9. The summed E-state index contributed by atoms with van der Waals surface area (Å²) in [5, 5.41) is 18.3. The van der Waals surface area contributed by atoms with E-state index in [1.807, 2.05) is 37.3 Å². The van der Waals surface area contributed by atoms with Gasteiger partial charge in [-0.25, -0.2) is 0 Å². The molecule has 1 aliphatic carbocycles. The van der Waals surface area contributed by atoms with E-state index in [1.54, 1.807) is 18.2 Å². The molecule has 0 radical (unpaired) electrons. The molecule has 0 saturated heterocycles. The lowest BCUT2D eigenvalue weighted by atomic mass is 9.98. The third kappa shape index (κ3) is 7.74. The second-order valence-electron chi connectivity index (χ2n) is 8.29. The van der Waals surface area contributed by atoms with E-state index >= 15 is 0 Å². The number of ether oxygens (including phenoxy) is 3. The Morgan fingerprint density at radius 2 is 1.78 bits per heavy atom. The first-order valence-electron chi connectivity index (χ1n) is 10.8. The van der Waals surface area contributed by atoms with Gasteiger partial charge >= 0.3 is 5.97 Å². The number of carboxylic acid groups (broad SMARTS) is 1. The molecule has 2 atom stereocenters. The maximum absolute atomic E-state index is 10.9. The Kier molecular flexibility index (Phi) is 8.78. The summed E-state index contributed by atoms with van der Waals surface area (Å²) in [5.41, 5.74) is 1.37. The number of carbonyl (C=O) groups is 1. The molecule has 0 amide bonds. The predicted octanol–water partition coefficient (Wildman–Crippen LogP) is 5.29. The molecule has 3 rings (SSSR count). The van der Waals surface area contributed by atoms with E-state index in [4.69, 9.17) is 36.2 Å². The van der Waals surface area contributed by atoms with Crippen LogP contribution in [0.15, 0.2) is 42.5 Å². The van der Waals surface area contributed by atoms with Crippen LogP contribution in [0.2, 0.25) is 5.02 Å². The van der Waals surface area contributed by atoms with Crippen LogP contribution in [0.3, 0.4) is 0 Å². The van der Waals surface area contributed by atoms with Crippen molar-refractivity contribution in [1.29, 1.82) is 5.26 Å². The molecule has 1 aliphatic rings. The number of halogens is 1. The van der Waals surface area contributed by atoms with Gasteiger partial charge in [-0.3, -0.25) is 4.79 Å². The quantitative estimate of drug-likeness (QED) is 0.439. The Morgan fingerprint density at radius 1 is 1.12 bits per heavy atom. The normalized spacial score (nSPS) is 14.9. The molecule has 170 valence electrons. The smallest absolute Gasteiger partial charge is 0.303 e. The van der Waals surface area contributed by atoms with Crippen molar-refractivity contribution in [2.24, 2.45) is 11.8 Å². The molecule has 0 aromatic heterocycles. The fourth-order valence-electron chi connectivity index (χ4n) is 3.21. The Labute approximate surface area is 193 Å². The molecule has 0 bridgehead atoms. The van der Waals surface area contributed by atoms with Crippen LogP contribution in [0.5, 0.6) is 11.5 Å². The summed E-state index contributed by atoms with van der Waals surface area (Å²) in [4.78, 5) is 10.9. The van der Waals surface area contributed by atoms with Gasteiger partial charge < -0.3 is 19.3 Å². The molecule has 32 heavy (non-hydrogen) atoms. The highest BCUT2D eigenvalue weighted by atomic mass is 35.5. The van der Waals surface area contributed by atoms with Gasteiger partial charge in [0.25, 0.3) is 0 Å². The average Bonchev–Trinajstić information content (AvgIpc) is 3.59. The first-order chi connectivity index (χ1) is 15.4. The fourth-order valence-corrected chi connectivity index (χ4v) is 3.42. The zero-order valence-corrected chi connectivity index (χ0v) is 18.9. The summed E-state index contributed by atoms with van der Waals surface area (Å²) in [7, 11) is 0. The van der Waals surface area contributed by atoms with Gasteiger partial charge in [0.05, 0.1) is 42.7 Å². The standard InChI is InChI=1S/C25H28ClNO5/c1-17(10-25(28)29)20-4-7-22(8-5-20)31-15-19(14-30-13-18-2-3-18)16-32-23-9-6-21(12-27)24(26)11-23/h4-9,11,17-19H,2-3,10,13-16H2,1H3,(H,28,29). The van der Waals surface area contributed by atoms with Gasteiger partial charge in [0.1, 0.15) is 17.6 Å². The highest BCUT2D eigenvalue weighted by Gasteiger charge is 2.22. The number of hydrogen-bond acceptors (Lipinski definition) is 5. The summed E-state index contributed by atoms with van der Waals surface area (Å²) in [6.07, 6.45) is 2.55. The van der Waals surface area contributed by atoms with E-state index in [1.165, 1.54) is 12.8 Å². The fraction of sp³-hybridized carbons (Fsp3) is 0.440. The lowest BCUT2D eigenvalue weighted by Crippen LogP contribution is -2.25. The number of rotatable bonds is 13. The molecular formula is C25H28ClNO5. The molecule has 1 fully saturated rings. The second-order valence-corrected chi connectivity index (χ2v) is 8.70. The minimum Gasteiger partial charge on any atom is -0.493 e. The topological polar surface area (TPSA) is 88.8 Å². The minimum atomic E-state index is -0.810. The van der Waals surface area contributed by atoms with Crippen molar-refractivity contribution >= 4 is 17.6 Å². The molecule has 0 spiro atoms. The summed E-state index contributed by atoms with van der Waals surface area (Å²) >= 11 is 6.09. The van der Waals surface area contributed by atoms with Crippen molar-refractivity contribution in [3.8, 4) is 17.6 Å². The van der Waals surface area contributed by atoms with Crippen LogP contribution < -0.4 is 9.47 Å². The van der Waals surface area contributed by atoms with Gasteiger partial charge in [-0.05, 0) is 54.5 Å². The molecule has 7 heteroatoms. The van der Waals surface area contributed by atoms with E-state index in [-0.39, 0.29) is 18.3 Å². The van der Waals surface area contributed by atoms with Gasteiger partial charge in [-0.1, -0.05) is 30.7 Å². The van der Waals surface area contributed by atoms with E-state index < -0.39 is 5.97 Å². The molecule has 0 aliphatic heterocycles. The molecule has 6 nitrogen and oxygen atoms in total. The summed E-state index contributed by atoms with van der Waals surface area (Å²) in [6, 6.07) is 14.6. The number of carboxylic acids is 1. The highest BCUT2D eigenvalue weighted by Crippen LogP contribution is 2.29. The molecule has 1 N–H and O–H groups in total. The molecule has 2 unspecified atom stereocenters. The van der Waals surface area contributed by atoms with Crippen molar-refractivity contribution in [2.75, 3.05) is 26.4 Å². The Morgan fingerprint density at radius 3 is 2.38 bits per heavy atom. The summed E-state index contributed by atoms with van der Waals surface area (Å²) in [6.45, 7) is 3.98. The Hall–Kier alpha value is -2.75. The molecule has 2 aromatic carbocycles. The summed E-state index contributed by atoms with van der Waals surface area (Å²) in [5.74, 6) is 1.12. The number of benzene rings is 2. The van der Waals surface area contributed by atoms with Gasteiger partial charge in [0.2, 0.25) is 0 Å². The zero-order valence-electron chi connectivity index (χ0n) is 18.1. The lowest BCUT2D eigenvalue weighted by Gasteiger charge is -2.19. The van der Waals surface area contributed by atoms with Gasteiger partial charge in [-0.15, -0.1) is 0 Å². The van der Waals surface area contributed by atoms with Crippen LogP contribution in [0.1, 0.15) is 43.2 Å². The number of aliphatic carboxylic acids is 1. The van der Waals surface area contributed by atoms with Crippen molar-refractivity contribution in [2.45, 2.75) is 32.1 Å². The third-order valence-electron chi connectivity index (χ3n) is 5.37. The maximum Gasteiger partial charge on any atom is 0.303 e. The molecular weight excluding hydrogens is 430 g/mol. The second kappa shape index (κ2) is 11.8. The van der Waals surface area contributed by atoms with E-state index in [0.29, 0.717) is 47.8 Å². The highest BCUT2D eigenvalue weighted by molar-refractivity contribution is 6.31.